The summed E-state index contributed by atoms with van der Waals surface area (Å²) in [5, 5.41) is 2.45. The van der Waals surface area contributed by atoms with Crippen molar-refractivity contribution in [2.24, 2.45) is 5.92 Å². The Labute approximate surface area is 134 Å². The van der Waals surface area contributed by atoms with Gasteiger partial charge < -0.3 is 14.8 Å². The Hall–Kier alpha value is -2.35. The first-order chi connectivity index (χ1) is 10.4. The van der Waals surface area contributed by atoms with Crippen molar-refractivity contribution in [3.63, 3.8) is 0 Å². The molecule has 8 heteroatoms. The number of hydrazine groups is 1. The molecule has 0 fully saturated rings. The van der Waals surface area contributed by atoms with E-state index in [2.05, 4.69) is 16.2 Å². The van der Waals surface area contributed by atoms with E-state index in [1.54, 1.807) is 38.1 Å². The van der Waals surface area contributed by atoms with Gasteiger partial charge in [-0.15, -0.1) is 0 Å². The van der Waals surface area contributed by atoms with E-state index in [-0.39, 0.29) is 23.5 Å². The SMILES string of the molecule is COc1ccccc1OCC(=O)NNC(=S)NC(=O)C(C)C. The third-order valence-electron chi connectivity index (χ3n) is 2.50. The van der Waals surface area contributed by atoms with E-state index in [4.69, 9.17) is 21.7 Å². The molecule has 0 saturated carbocycles. The van der Waals surface area contributed by atoms with Crippen molar-refractivity contribution in [1.29, 1.82) is 0 Å². The summed E-state index contributed by atoms with van der Waals surface area (Å²) in [6, 6.07) is 6.98. The summed E-state index contributed by atoms with van der Waals surface area (Å²) in [6.45, 7) is 3.24. The van der Waals surface area contributed by atoms with Gasteiger partial charge in [-0.3, -0.25) is 20.4 Å². The van der Waals surface area contributed by atoms with Crippen LogP contribution in [0.15, 0.2) is 24.3 Å². The number of nitrogens with one attached hydrogen (secondary N) is 3. The van der Waals surface area contributed by atoms with Crippen molar-refractivity contribution in [2.75, 3.05) is 13.7 Å². The summed E-state index contributed by atoms with van der Waals surface area (Å²) >= 11 is 4.87. The summed E-state index contributed by atoms with van der Waals surface area (Å²) in [5.41, 5.74) is 4.75. The molecule has 0 spiro atoms. The lowest BCUT2D eigenvalue weighted by molar-refractivity contribution is -0.124. The number of ether oxygens (including phenoxy) is 2. The summed E-state index contributed by atoms with van der Waals surface area (Å²) in [7, 11) is 1.51. The Morgan fingerprint density at radius 2 is 1.82 bits per heavy atom. The van der Waals surface area contributed by atoms with Gasteiger partial charge in [-0.2, -0.15) is 0 Å². The average molecular weight is 325 g/mol. The van der Waals surface area contributed by atoms with Crippen LogP contribution >= 0.6 is 12.2 Å². The van der Waals surface area contributed by atoms with Gasteiger partial charge in [-0.05, 0) is 24.4 Å². The Balaban J connectivity index is 2.35. The van der Waals surface area contributed by atoms with Gasteiger partial charge in [0.25, 0.3) is 5.91 Å². The van der Waals surface area contributed by atoms with Crippen molar-refractivity contribution in [2.45, 2.75) is 13.8 Å². The fourth-order valence-electron chi connectivity index (χ4n) is 1.33. The summed E-state index contributed by atoms with van der Waals surface area (Å²) in [5.74, 6) is 0.0900. The zero-order valence-electron chi connectivity index (χ0n) is 12.6. The van der Waals surface area contributed by atoms with Crippen LogP contribution in [0, 0.1) is 5.92 Å². The average Bonchev–Trinajstić information content (AvgIpc) is 2.50. The number of hydrogen-bond donors (Lipinski definition) is 3. The maximum absolute atomic E-state index is 11.6. The zero-order chi connectivity index (χ0) is 16.5. The van der Waals surface area contributed by atoms with Crippen molar-refractivity contribution in [3.8, 4) is 11.5 Å². The molecular formula is C14H19N3O4S. The molecular weight excluding hydrogens is 306 g/mol. The molecule has 22 heavy (non-hydrogen) atoms. The lowest BCUT2D eigenvalue weighted by Gasteiger charge is -2.13. The third kappa shape index (κ3) is 5.96. The first-order valence-corrected chi connectivity index (χ1v) is 7.00. The predicted molar refractivity (Wildman–Crippen MR) is 85.3 cm³/mol. The van der Waals surface area contributed by atoms with Crippen molar-refractivity contribution < 1.29 is 19.1 Å². The van der Waals surface area contributed by atoms with Crippen LogP contribution in [-0.4, -0.2) is 30.6 Å². The Bertz CT molecular complexity index is 549. The van der Waals surface area contributed by atoms with E-state index >= 15 is 0 Å². The van der Waals surface area contributed by atoms with Gasteiger partial charge in [-0.1, -0.05) is 26.0 Å². The van der Waals surface area contributed by atoms with Gasteiger partial charge in [0.05, 0.1) is 7.11 Å². The van der Waals surface area contributed by atoms with Gasteiger partial charge in [-0.25, -0.2) is 0 Å². The lowest BCUT2D eigenvalue weighted by atomic mass is 10.2. The standard InChI is InChI=1S/C14H19N3O4S/c1-9(2)13(19)15-14(22)17-16-12(18)8-21-11-7-5-4-6-10(11)20-3/h4-7,9H,8H2,1-3H3,(H,16,18)(H2,15,17,19,22). The minimum absolute atomic E-state index is 0.0179. The molecule has 3 N–H and O–H groups in total. The van der Waals surface area contributed by atoms with Crippen LogP contribution in [0.3, 0.4) is 0 Å². The molecule has 0 aliphatic heterocycles. The number of carbonyl (C=O) groups excluding carboxylic acids is 2. The van der Waals surface area contributed by atoms with Crippen molar-refractivity contribution in [3.05, 3.63) is 24.3 Å². The minimum atomic E-state index is -0.452. The molecule has 1 rings (SSSR count). The highest BCUT2D eigenvalue weighted by molar-refractivity contribution is 7.80. The second-order valence-corrected chi connectivity index (χ2v) is 4.99. The number of carbonyl (C=O) groups is 2. The first kappa shape index (κ1) is 17.7. The second-order valence-electron chi connectivity index (χ2n) is 4.59. The van der Waals surface area contributed by atoms with Gasteiger partial charge in [0.1, 0.15) is 0 Å². The topological polar surface area (TPSA) is 88.7 Å². The van der Waals surface area contributed by atoms with Crippen molar-refractivity contribution >= 4 is 29.1 Å². The van der Waals surface area contributed by atoms with Crippen LogP contribution in [0.2, 0.25) is 0 Å². The van der Waals surface area contributed by atoms with E-state index in [1.807, 2.05) is 0 Å². The van der Waals surface area contributed by atoms with E-state index in [0.717, 1.165) is 0 Å². The number of thiocarbonyl (C=S) groups is 1. The number of rotatable bonds is 5. The molecule has 0 aliphatic rings. The zero-order valence-corrected chi connectivity index (χ0v) is 13.5. The highest BCUT2D eigenvalue weighted by Gasteiger charge is 2.10. The maximum Gasteiger partial charge on any atom is 0.276 e. The highest BCUT2D eigenvalue weighted by atomic mass is 32.1. The van der Waals surface area contributed by atoms with Gasteiger partial charge in [0.2, 0.25) is 5.91 Å². The number of methoxy groups -OCH3 is 1. The van der Waals surface area contributed by atoms with Crippen LogP contribution < -0.4 is 25.6 Å². The molecule has 2 amide bonds. The Kier molecular flexibility index (Phi) is 7.11. The monoisotopic (exact) mass is 325 g/mol. The Morgan fingerprint density at radius 3 is 2.41 bits per heavy atom. The number of hydrogen-bond acceptors (Lipinski definition) is 5. The molecule has 0 saturated heterocycles. The summed E-state index contributed by atoms with van der Waals surface area (Å²) in [6.07, 6.45) is 0. The molecule has 1 aromatic carbocycles. The van der Waals surface area contributed by atoms with Gasteiger partial charge in [0, 0.05) is 5.92 Å². The smallest absolute Gasteiger partial charge is 0.276 e. The molecule has 0 aromatic heterocycles. The predicted octanol–water partition coefficient (Wildman–Crippen LogP) is 0.752. The molecule has 7 nitrogen and oxygen atoms in total. The highest BCUT2D eigenvalue weighted by Crippen LogP contribution is 2.25. The van der Waals surface area contributed by atoms with Crippen LogP contribution in [0.1, 0.15) is 13.8 Å². The number of para-hydroxylation sites is 2. The summed E-state index contributed by atoms with van der Waals surface area (Å²) in [4.78, 5) is 23.0. The van der Waals surface area contributed by atoms with Crippen molar-refractivity contribution in [1.82, 2.24) is 16.2 Å². The molecule has 120 valence electrons. The summed E-state index contributed by atoms with van der Waals surface area (Å²) < 4.78 is 10.4. The van der Waals surface area contributed by atoms with Crippen LogP contribution in [0.25, 0.3) is 0 Å². The molecule has 0 bridgehead atoms. The van der Waals surface area contributed by atoms with E-state index < -0.39 is 5.91 Å². The van der Waals surface area contributed by atoms with E-state index in [9.17, 15) is 9.59 Å². The molecule has 0 radical (unpaired) electrons. The lowest BCUT2D eigenvalue weighted by Crippen LogP contribution is -2.50. The molecule has 0 atom stereocenters. The minimum Gasteiger partial charge on any atom is -0.493 e. The fourth-order valence-corrected chi connectivity index (χ4v) is 1.48. The van der Waals surface area contributed by atoms with Crippen LogP contribution in [0.4, 0.5) is 0 Å². The quantitative estimate of drug-likeness (QED) is 0.547. The van der Waals surface area contributed by atoms with Gasteiger partial charge in [0.15, 0.2) is 23.2 Å². The first-order valence-electron chi connectivity index (χ1n) is 6.59. The molecule has 1 aromatic rings. The van der Waals surface area contributed by atoms with E-state index in [1.165, 1.54) is 7.11 Å². The largest absolute Gasteiger partial charge is 0.493 e. The molecule has 0 unspecified atom stereocenters. The normalized spacial score (nSPS) is 9.82. The number of amides is 2. The maximum atomic E-state index is 11.6. The molecule has 0 heterocycles. The van der Waals surface area contributed by atoms with Crippen LogP contribution in [0.5, 0.6) is 11.5 Å². The van der Waals surface area contributed by atoms with Gasteiger partial charge >= 0.3 is 0 Å². The second kappa shape index (κ2) is 8.83. The molecule has 0 aliphatic carbocycles. The van der Waals surface area contributed by atoms with E-state index in [0.29, 0.717) is 11.5 Å². The Morgan fingerprint density at radius 1 is 1.18 bits per heavy atom. The third-order valence-corrected chi connectivity index (χ3v) is 2.71. The fraction of sp³-hybridized carbons (Fsp3) is 0.357. The number of benzene rings is 1. The van der Waals surface area contributed by atoms with Crippen LogP contribution in [-0.2, 0) is 9.59 Å².